The molecule has 2 aliphatic heterocycles. The molecule has 3 heterocycles. The van der Waals surface area contributed by atoms with Gasteiger partial charge in [-0.15, -0.1) is 12.4 Å². The Morgan fingerprint density at radius 1 is 1.30 bits per heavy atom. The number of fused-ring (bicyclic) bond motifs is 1. The van der Waals surface area contributed by atoms with Crippen LogP contribution in [-0.2, 0) is 0 Å². The van der Waals surface area contributed by atoms with Gasteiger partial charge in [0, 0.05) is 12.7 Å². The lowest BCUT2D eigenvalue weighted by Crippen LogP contribution is -2.32. The predicted molar refractivity (Wildman–Crippen MR) is 104 cm³/mol. The third-order valence-electron chi connectivity index (χ3n) is 4.90. The van der Waals surface area contributed by atoms with Crippen molar-refractivity contribution in [3.8, 4) is 11.5 Å². The molecule has 0 bridgehead atoms. The van der Waals surface area contributed by atoms with E-state index in [1.54, 1.807) is 6.07 Å². The fourth-order valence-corrected chi connectivity index (χ4v) is 3.40. The number of benzene rings is 1. The highest BCUT2D eigenvalue weighted by molar-refractivity contribution is 5.92. The zero-order valence-corrected chi connectivity index (χ0v) is 16.1. The van der Waals surface area contributed by atoms with Crippen molar-refractivity contribution in [2.75, 3.05) is 26.3 Å². The first-order chi connectivity index (χ1) is 12.7. The van der Waals surface area contributed by atoms with Crippen LogP contribution >= 0.6 is 12.4 Å². The zero-order valence-electron chi connectivity index (χ0n) is 15.3. The molecule has 1 aromatic carbocycles. The molecule has 2 aliphatic rings. The van der Waals surface area contributed by atoms with E-state index >= 15 is 0 Å². The molecule has 0 radical (unpaired) electrons. The Labute approximate surface area is 164 Å². The number of rotatable bonds is 4. The smallest absolute Gasteiger partial charge is 0.272 e. The predicted octanol–water partition coefficient (Wildman–Crippen LogP) is 2.49. The van der Waals surface area contributed by atoms with Crippen LogP contribution in [0.3, 0.4) is 0 Å². The van der Waals surface area contributed by atoms with Gasteiger partial charge in [0.05, 0.1) is 12.1 Å². The summed E-state index contributed by atoms with van der Waals surface area (Å²) in [7, 11) is 0. The number of ether oxygens (including phenoxy) is 2. The molecular formula is C19H25ClN4O3. The Bertz CT molecular complexity index is 789. The van der Waals surface area contributed by atoms with E-state index in [2.05, 4.69) is 15.7 Å². The van der Waals surface area contributed by atoms with Crippen molar-refractivity contribution in [3.05, 3.63) is 41.7 Å². The van der Waals surface area contributed by atoms with Gasteiger partial charge in [-0.25, -0.2) is 0 Å². The summed E-state index contributed by atoms with van der Waals surface area (Å²) in [5.41, 5.74) is 1.42. The summed E-state index contributed by atoms with van der Waals surface area (Å²) < 4.78 is 13.1. The maximum atomic E-state index is 12.6. The summed E-state index contributed by atoms with van der Waals surface area (Å²) in [5, 5.41) is 10.8. The van der Waals surface area contributed by atoms with Crippen molar-refractivity contribution in [2.45, 2.75) is 31.8 Å². The second-order valence-corrected chi connectivity index (χ2v) is 6.78. The molecule has 0 aliphatic carbocycles. The first-order valence-electron chi connectivity index (χ1n) is 9.17. The number of nitrogens with zero attached hydrogens (tertiary/aromatic N) is 2. The van der Waals surface area contributed by atoms with E-state index in [0.717, 1.165) is 43.0 Å². The molecule has 2 unspecified atom stereocenters. The highest BCUT2D eigenvalue weighted by Crippen LogP contribution is 2.32. The zero-order chi connectivity index (χ0) is 17.9. The molecule has 2 aromatic rings. The van der Waals surface area contributed by atoms with E-state index in [0.29, 0.717) is 24.9 Å². The minimum absolute atomic E-state index is 0. The van der Waals surface area contributed by atoms with Crippen LogP contribution in [0, 0.1) is 0 Å². The summed E-state index contributed by atoms with van der Waals surface area (Å²) >= 11 is 0. The number of carbonyl (C=O) groups excluding carboxylic acids is 1. The monoisotopic (exact) mass is 392 g/mol. The molecule has 1 fully saturated rings. The Hall–Kier alpha value is -2.25. The molecule has 1 saturated heterocycles. The number of nitrogens with one attached hydrogen (secondary N) is 2. The first kappa shape index (κ1) is 19.5. The van der Waals surface area contributed by atoms with Crippen LogP contribution < -0.4 is 20.1 Å². The first-order valence-corrected chi connectivity index (χ1v) is 9.17. The van der Waals surface area contributed by atoms with Crippen molar-refractivity contribution in [1.29, 1.82) is 0 Å². The maximum Gasteiger partial charge on any atom is 0.272 e. The number of amides is 1. The van der Waals surface area contributed by atoms with Crippen LogP contribution in [0.15, 0.2) is 30.5 Å². The molecule has 8 heteroatoms. The Morgan fingerprint density at radius 3 is 2.89 bits per heavy atom. The summed E-state index contributed by atoms with van der Waals surface area (Å²) in [6, 6.07) is 7.70. The molecule has 146 valence electrons. The molecule has 1 amide bonds. The topological polar surface area (TPSA) is 77.4 Å². The molecule has 4 rings (SSSR count). The Morgan fingerprint density at radius 2 is 2.11 bits per heavy atom. The highest BCUT2D eigenvalue weighted by atomic mass is 35.5. The van der Waals surface area contributed by atoms with Crippen molar-refractivity contribution in [3.63, 3.8) is 0 Å². The normalized spacial score (nSPS) is 19.7. The SMILES string of the molecule is CC(NC(=O)c1ccn(C2CCCNC2)n1)c1ccc2c(c1)OCCO2.Cl. The van der Waals surface area contributed by atoms with E-state index in [4.69, 9.17) is 9.47 Å². The Kier molecular flexibility index (Phi) is 6.23. The lowest BCUT2D eigenvalue weighted by Gasteiger charge is -2.23. The second-order valence-electron chi connectivity index (χ2n) is 6.78. The van der Waals surface area contributed by atoms with Crippen molar-refractivity contribution < 1.29 is 14.3 Å². The molecule has 2 N–H and O–H groups in total. The van der Waals surface area contributed by atoms with Gasteiger partial charge in [-0.3, -0.25) is 9.48 Å². The average Bonchev–Trinajstić information content (AvgIpc) is 3.18. The van der Waals surface area contributed by atoms with Crippen molar-refractivity contribution in [1.82, 2.24) is 20.4 Å². The minimum atomic E-state index is -0.171. The van der Waals surface area contributed by atoms with Crippen LogP contribution in [0.25, 0.3) is 0 Å². The Balaban J connectivity index is 0.00000210. The van der Waals surface area contributed by atoms with Crippen LogP contribution in [0.4, 0.5) is 0 Å². The van der Waals surface area contributed by atoms with Gasteiger partial charge < -0.3 is 20.1 Å². The van der Waals surface area contributed by atoms with Crippen molar-refractivity contribution in [2.24, 2.45) is 0 Å². The molecule has 2 atom stereocenters. The van der Waals surface area contributed by atoms with Gasteiger partial charge in [0.15, 0.2) is 11.5 Å². The van der Waals surface area contributed by atoms with Gasteiger partial charge in [0.2, 0.25) is 0 Å². The largest absolute Gasteiger partial charge is 0.486 e. The molecule has 0 spiro atoms. The summed E-state index contributed by atoms with van der Waals surface area (Å²) in [4.78, 5) is 12.6. The average molecular weight is 393 g/mol. The lowest BCUT2D eigenvalue weighted by atomic mass is 10.1. The standard InChI is InChI=1S/C19H24N4O3.ClH/c1-13(14-4-5-17-18(11-14)26-10-9-25-17)21-19(24)16-6-8-23(22-16)15-3-2-7-20-12-15;/h4-6,8,11,13,15,20H,2-3,7,9-10,12H2,1H3,(H,21,24);1H. The van der Waals surface area contributed by atoms with E-state index in [9.17, 15) is 4.79 Å². The van der Waals surface area contributed by atoms with Crippen LogP contribution in [0.2, 0.25) is 0 Å². The van der Waals surface area contributed by atoms with Crippen LogP contribution in [-0.4, -0.2) is 42.0 Å². The van der Waals surface area contributed by atoms with Crippen LogP contribution in [0.1, 0.15) is 47.9 Å². The fourth-order valence-electron chi connectivity index (χ4n) is 3.40. The maximum absolute atomic E-state index is 12.6. The van der Waals surface area contributed by atoms with Gasteiger partial charge in [-0.1, -0.05) is 6.07 Å². The van der Waals surface area contributed by atoms with E-state index in [1.807, 2.05) is 36.0 Å². The van der Waals surface area contributed by atoms with E-state index in [1.165, 1.54) is 0 Å². The van der Waals surface area contributed by atoms with Gasteiger partial charge in [0.25, 0.3) is 5.91 Å². The van der Waals surface area contributed by atoms with E-state index in [-0.39, 0.29) is 24.4 Å². The fraction of sp³-hybridized carbons (Fsp3) is 0.474. The quantitative estimate of drug-likeness (QED) is 0.835. The summed E-state index contributed by atoms with van der Waals surface area (Å²) in [6.07, 6.45) is 4.11. The van der Waals surface area contributed by atoms with Gasteiger partial charge in [0.1, 0.15) is 18.9 Å². The number of carbonyl (C=O) groups is 1. The summed E-state index contributed by atoms with van der Waals surface area (Å²) in [5.74, 6) is 1.30. The number of hydrogen-bond acceptors (Lipinski definition) is 5. The van der Waals surface area contributed by atoms with Crippen LogP contribution in [0.5, 0.6) is 11.5 Å². The molecule has 0 saturated carbocycles. The number of halogens is 1. The summed E-state index contributed by atoms with van der Waals surface area (Å²) in [6.45, 7) is 5.02. The number of hydrogen-bond donors (Lipinski definition) is 2. The molecule has 27 heavy (non-hydrogen) atoms. The molecular weight excluding hydrogens is 368 g/mol. The third kappa shape index (κ3) is 4.36. The lowest BCUT2D eigenvalue weighted by molar-refractivity contribution is 0.0933. The second kappa shape index (κ2) is 8.63. The van der Waals surface area contributed by atoms with Gasteiger partial charge >= 0.3 is 0 Å². The van der Waals surface area contributed by atoms with Crippen molar-refractivity contribution >= 4 is 18.3 Å². The highest BCUT2D eigenvalue weighted by Gasteiger charge is 2.20. The molecule has 7 nitrogen and oxygen atoms in total. The third-order valence-corrected chi connectivity index (χ3v) is 4.90. The van der Waals surface area contributed by atoms with E-state index < -0.39 is 0 Å². The minimum Gasteiger partial charge on any atom is -0.486 e. The molecule has 1 aromatic heterocycles. The number of aromatic nitrogens is 2. The van der Waals surface area contributed by atoms with Gasteiger partial charge in [-0.05, 0) is 50.1 Å². The number of piperidine rings is 1. The van der Waals surface area contributed by atoms with Gasteiger partial charge in [-0.2, -0.15) is 5.10 Å².